The Kier molecular flexibility index (Phi) is 7.67. The smallest absolute Gasteiger partial charge is 0.260 e. The molecule has 3 aromatic carbocycles. The Morgan fingerprint density at radius 3 is 2.20 bits per heavy atom. The molecule has 0 saturated carbocycles. The van der Waals surface area contributed by atoms with Crippen molar-refractivity contribution in [1.29, 1.82) is 0 Å². The van der Waals surface area contributed by atoms with Gasteiger partial charge in [-0.15, -0.1) is 0 Å². The summed E-state index contributed by atoms with van der Waals surface area (Å²) in [6.07, 6.45) is 2.70. The third kappa shape index (κ3) is 5.74. The highest BCUT2D eigenvalue weighted by atomic mass is 35.5. The summed E-state index contributed by atoms with van der Waals surface area (Å²) in [5, 5.41) is 0.820. The lowest BCUT2D eigenvalue weighted by Crippen LogP contribution is -2.53. The van der Waals surface area contributed by atoms with E-state index in [1.165, 1.54) is 6.92 Å². The third-order valence-corrected chi connectivity index (χ3v) is 8.25. The normalized spacial score (nSPS) is 20.4. The van der Waals surface area contributed by atoms with Crippen molar-refractivity contribution in [3.05, 3.63) is 82.9 Å². The van der Waals surface area contributed by atoms with E-state index in [1.807, 2.05) is 19.1 Å². The molecule has 3 aromatic rings. The van der Waals surface area contributed by atoms with Crippen LogP contribution in [0.15, 0.2) is 77.7 Å². The molecule has 0 aliphatic carbocycles. The molecule has 11 heteroatoms. The molecule has 0 radical (unpaired) electrons. The van der Waals surface area contributed by atoms with E-state index in [4.69, 9.17) is 32.7 Å². The molecule has 2 aliphatic heterocycles. The van der Waals surface area contributed by atoms with Gasteiger partial charge in [-0.2, -0.15) is 0 Å². The van der Waals surface area contributed by atoms with Crippen LogP contribution in [-0.2, 0) is 24.2 Å². The zero-order chi connectivity index (χ0) is 28.8. The molecule has 0 aromatic heterocycles. The van der Waals surface area contributed by atoms with Gasteiger partial charge in [0.1, 0.15) is 5.75 Å². The molecule has 8 nitrogen and oxygen atoms in total. The Balaban J connectivity index is 1.43. The highest BCUT2D eigenvalue weighted by molar-refractivity contribution is 7.90. The lowest BCUT2D eigenvalue weighted by atomic mass is 10.00. The van der Waals surface area contributed by atoms with Gasteiger partial charge in [-0.1, -0.05) is 41.4 Å². The lowest BCUT2D eigenvalue weighted by Gasteiger charge is -2.41. The molecule has 0 bridgehead atoms. The van der Waals surface area contributed by atoms with E-state index < -0.39 is 22.2 Å². The van der Waals surface area contributed by atoms with Crippen LogP contribution >= 0.6 is 23.2 Å². The molecule has 5 rings (SSSR count). The van der Waals surface area contributed by atoms with Gasteiger partial charge in [-0.05, 0) is 72.7 Å². The van der Waals surface area contributed by atoms with Crippen LogP contribution < -0.4 is 14.5 Å². The van der Waals surface area contributed by atoms with Crippen LogP contribution in [0.1, 0.15) is 13.8 Å². The van der Waals surface area contributed by atoms with Crippen molar-refractivity contribution < 1.29 is 27.5 Å². The molecule has 0 fully saturated rings. The van der Waals surface area contributed by atoms with E-state index in [0.29, 0.717) is 27.2 Å². The topological polar surface area (TPSA) is 93.2 Å². The Bertz CT molecular complexity index is 1600. The first-order chi connectivity index (χ1) is 18.9. The second-order valence-corrected chi connectivity index (χ2v) is 12.6. The maximum atomic E-state index is 13.8. The molecular weight excluding hydrogens is 575 g/mol. The molecule has 208 valence electrons. The number of ether oxygens (including phenoxy) is 2. The Hall–Kier alpha value is -3.37. The van der Waals surface area contributed by atoms with Gasteiger partial charge in [0, 0.05) is 29.8 Å². The fraction of sp³-hybridized carbons (Fsp3) is 0.241. The minimum absolute atomic E-state index is 0.142. The summed E-state index contributed by atoms with van der Waals surface area (Å²) >= 11 is 12.1. The van der Waals surface area contributed by atoms with Gasteiger partial charge < -0.3 is 19.3 Å². The van der Waals surface area contributed by atoms with Crippen molar-refractivity contribution in [2.24, 2.45) is 0 Å². The van der Waals surface area contributed by atoms with Crippen LogP contribution in [0.2, 0.25) is 10.0 Å². The molecule has 0 saturated heterocycles. The number of carbonyl (C=O) groups is 2. The van der Waals surface area contributed by atoms with E-state index in [1.54, 1.807) is 70.5 Å². The highest BCUT2D eigenvalue weighted by Crippen LogP contribution is 2.40. The number of amides is 2. The average molecular weight is 602 g/mol. The number of hydrogen-bond acceptors (Lipinski definition) is 6. The first kappa shape index (κ1) is 28.2. The number of sulfone groups is 1. The molecule has 0 spiro atoms. The standard InChI is InChI=1S/C29H26Cl2N2O6S/c1-17-16-32(29(35)27-10-11-28(39-27)38-23-14-21(30)13-22(31)15-23)26-12-20(6-9-25(26)33(17)18(2)34)19-4-7-24(8-5-19)40(3,36)37/h4-15,17,27-28H,16H2,1-3H3/t17-,27?,28?/m0/s1. The van der Waals surface area contributed by atoms with Crippen molar-refractivity contribution in [1.82, 2.24) is 0 Å². The summed E-state index contributed by atoms with van der Waals surface area (Å²) in [5.41, 5.74) is 2.67. The largest absolute Gasteiger partial charge is 0.461 e. The summed E-state index contributed by atoms with van der Waals surface area (Å²) < 4.78 is 35.5. The number of benzene rings is 3. The Morgan fingerprint density at radius 2 is 1.57 bits per heavy atom. The van der Waals surface area contributed by atoms with Gasteiger partial charge in [-0.25, -0.2) is 8.42 Å². The SMILES string of the molecule is CC(=O)N1c2ccc(-c3ccc(S(C)(=O)=O)cc3)cc2N(C(=O)C2C=CC(Oc3cc(Cl)cc(Cl)c3)O2)C[C@@H]1C. The quantitative estimate of drug-likeness (QED) is 0.358. The van der Waals surface area contributed by atoms with E-state index >= 15 is 0 Å². The van der Waals surface area contributed by atoms with E-state index in [-0.39, 0.29) is 29.3 Å². The van der Waals surface area contributed by atoms with E-state index in [0.717, 1.165) is 17.4 Å². The molecule has 40 heavy (non-hydrogen) atoms. The van der Waals surface area contributed by atoms with Gasteiger partial charge in [0.25, 0.3) is 5.91 Å². The number of fused-ring (bicyclic) bond motifs is 1. The van der Waals surface area contributed by atoms with Crippen molar-refractivity contribution in [3.63, 3.8) is 0 Å². The number of halogens is 2. The van der Waals surface area contributed by atoms with Crippen LogP contribution in [-0.4, -0.2) is 51.5 Å². The van der Waals surface area contributed by atoms with Gasteiger partial charge in [-0.3, -0.25) is 9.59 Å². The monoisotopic (exact) mass is 600 g/mol. The van der Waals surface area contributed by atoms with Crippen molar-refractivity contribution in [3.8, 4) is 16.9 Å². The second kappa shape index (κ2) is 10.9. The minimum atomic E-state index is -3.34. The molecular formula is C29H26Cl2N2O6S. The number of rotatable bonds is 5. The average Bonchev–Trinajstić information content (AvgIpc) is 3.34. The Morgan fingerprint density at radius 1 is 0.925 bits per heavy atom. The maximum absolute atomic E-state index is 13.8. The van der Waals surface area contributed by atoms with Crippen LogP contribution in [0.5, 0.6) is 5.75 Å². The van der Waals surface area contributed by atoms with Crippen molar-refractivity contribution in [2.45, 2.75) is 37.2 Å². The Labute approximate surface area is 242 Å². The fourth-order valence-electron chi connectivity index (χ4n) is 4.91. The molecule has 3 atom stereocenters. The van der Waals surface area contributed by atoms with Crippen molar-refractivity contribution in [2.75, 3.05) is 22.6 Å². The zero-order valence-electron chi connectivity index (χ0n) is 21.9. The van der Waals surface area contributed by atoms with Gasteiger partial charge >= 0.3 is 0 Å². The zero-order valence-corrected chi connectivity index (χ0v) is 24.2. The van der Waals surface area contributed by atoms with Gasteiger partial charge in [0.05, 0.1) is 22.3 Å². The van der Waals surface area contributed by atoms with Crippen LogP contribution in [0.3, 0.4) is 0 Å². The van der Waals surface area contributed by atoms with Crippen LogP contribution in [0.25, 0.3) is 11.1 Å². The van der Waals surface area contributed by atoms with Crippen molar-refractivity contribution >= 4 is 56.2 Å². The second-order valence-electron chi connectivity index (χ2n) is 9.72. The minimum Gasteiger partial charge on any atom is -0.461 e. The lowest BCUT2D eigenvalue weighted by molar-refractivity contribution is -0.134. The number of hydrogen-bond donors (Lipinski definition) is 0. The maximum Gasteiger partial charge on any atom is 0.260 e. The first-order valence-electron chi connectivity index (χ1n) is 12.4. The molecule has 0 N–H and O–H groups in total. The summed E-state index contributed by atoms with van der Waals surface area (Å²) in [6, 6.07) is 16.5. The summed E-state index contributed by atoms with van der Waals surface area (Å²) in [7, 11) is -3.34. The van der Waals surface area contributed by atoms with Crippen LogP contribution in [0, 0.1) is 0 Å². The molecule has 2 aliphatic rings. The summed E-state index contributed by atoms with van der Waals surface area (Å²) in [4.78, 5) is 29.8. The summed E-state index contributed by atoms with van der Waals surface area (Å²) in [5.74, 6) is -0.0510. The molecule has 2 heterocycles. The summed E-state index contributed by atoms with van der Waals surface area (Å²) in [6.45, 7) is 3.62. The number of carbonyl (C=O) groups excluding carboxylic acids is 2. The third-order valence-electron chi connectivity index (χ3n) is 6.69. The predicted octanol–water partition coefficient (Wildman–Crippen LogP) is 5.51. The van der Waals surface area contributed by atoms with Gasteiger partial charge in [0.2, 0.25) is 12.2 Å². The highest BCUT2D eigenvalue weighted by Gasteiger charge is 2.38. The number of nitrogens with zero attached hydrogens (tertiary/aromatic N) is 2. The van der Waals surface area contributed by atoms with Gasteiger partial charge in [0.15, 0.2) is 15.9 Å². The first-order valence-corrected chi connectivity index (χ1v) is 15.1. The number of anilines is 2. The molecule has 2 unspecified atom stereocenters. The fourth-order valence-corrected chi connectivity index (χ4v) is 6.04. The molecule has 2 amide bonds. The predicted molar refractivity (Wildman–Crippen MR) is 155 cm³/mol. The van der Waals surface area contributed by atoms with E-state index in [2.05, 4.69) is 0 Å². The van der Waals surface area contributed by atoms with E-state index in [9.17, 15) is 18.0 Å². The van der Waals surface area contributed by atoms with Crippen LogP contribution in [0.4, 0.5) is 11.4 Å².